The van der Waals surface area contributed by atoms with Crippen LogP contribution in [0.3, 0.4) is 0 Å². The van der Waals surface area contributed by atoms with Gasteiger partial charge in [-0.05, 0) is 68.2 Å². The fraction of sp³-hybridized carbons (Fsp3) is 0.500. The van der Waals surface area contributed by atoms with Gasteiger partial charge in [0, 0.05) is 18.3 Å². The van der Waals surface area contributed by atoms with E-state index in [0.717, 1.165) is 37.9 Å². The first-order valence-corrected chi connectivity index (χ1v) is 9.82. The zero-order valence-corrected chi connectivity index (χ0v) is 15.8. The Balaban J connectivity index is 1.47. The van der Waals surface area contributed by atoms with Crippen LogP contribution in [0.4, 0.5) is 4.39 Å². The van der Waals surface area contributed by atoms with Crippen LogP contribution in [-0.4, -0.2) is 16.6 Å². The Bertz CT molecular complexity index is 777. The van der Waals surface area contributed by atoms with E-state index in [2.05, 4.69) is 16.9 Å². The fourth-order valence-electron chi connectivity index (χ4n) is 3.57. The van der Waals surface area contributed by atoms with Gasteiger partial charge in [0.25, 0.3) is 0 Å². The zero-order chi connectivity index (χ0) is 19.1. The molecule has 2 aromatic rings. The van der Waals surface area contributed by atoms with Gasteiger partial charge in [-0.3, -0.25) is 0 Å². The molecule has 0 saturated heterocycles. The highest BCUT2D eigenvalue weighted by molar-refractivity contribution is 5.36. The quantitative estimate of drug-likeness (QED) is 0.676. The van der Waals surface area contributed by atoms with Crippen molar-refractivity contribution >= 4 is 0 Å². The lowest BCUT2D eigenvalue weighted by Gasteiger charge is -2.27. The summed E-state index contributed by atoms with van der Waals surface area (Å²) in [6, 6.07) is 6.26. The SMILES string of the molecule is CCCCc1cnc(C2CCC(COc3ccc(C#N)cc3F)CC2)nc1. The van der Waals surface area contributed by atoms with Crippen LogP contribution in [0.25, 0.3) is 0 Å². The smallest absolute Gasteiger partial charge is 0.166 e. The van der Waals surface area contributed by atoms with Crippen LogP contribution in [0, 0.1) is 23.1 Å². The second-order valence-electron chi connectivity index (χ2n) is 7.34. The van der Waals surface area contributed by atoms with E-state index < -0.39 is 5.82 Å². The predicted octanol–water partition coefficient (Wildman–Crippen LogP) is 5.18. The predicted molar refractivity (Wildman–Crippen MR) is 102 cm³/mol. The maximum absolute atomic E-state index is 13.9. The Morgan fingerprint density at radius 3 is 2.56 bits per heavy atom. The van der Waals surface area contributed by atoms with Gasteiger partial charge >= 0.3 is 0 Å². The molecule has 3 rings (SSSR count). The second-order valence-corrected chi connectivity index (χ2v) is 7.34. The lowest BCUT2D eigenvalue weighted by atomic mass is 9.82. The first-order valence-electron chi connectivity index (χ1n) is 9.82. The van der Waals surface area contributed by atoms with Gasteiger partial charge in [-0.2, -0.15) is 5.26 Å². The molecular weight excluding hydrogens is 341 g/mol. The zero-order valence-electron chi connectivity index (χ0n) is 15.8. The number of benzene rings is 1. The number of ether oxygens (including phenoxy) is 1. The molecule has 0 bridgehead atoms. The number of rotatable bonds is 7. The monoisotopic (exact) mass is 367 g/mol. The van der Waals surface area contributed by atoms with Crippen molar-refractivity contribution in [3.8, 4) is 11.8 Å². The largest absolute Gasteiger partial charge is 0.490 e. The summed E-state index contributed by atoms with van der Waals surface area (Å²) >= 11 is 0. The van der Waals surface area contributed by atoms with Crippen molar-refractivity contribution in [2.24, 2.45) is 5.92 Å². The van der Waals surface area contributed by atoms with E-state index in [1.165, 1.54) is 30.5 Å². The summed E-state index contributed by atoms with van der Waals surface area (Å²) in [6.45, 7) is 2.69. The summed E-state index contributed by atoms with van der Waals surface area (Å²) in [6.07, 6.45) is 11.5. The summed E-state index contributed by atoms with van der Waals surface area (Å²) in [5, 5.41) is 8.79. The lowest BCUT2D eigenvalue weighted by Crippen LogP contribution is -2.20. The summed E-state index contributed by atoms with van der Waals surface area (Å²) in [7, 11) is 0. The van der Waals surface area contributed by atoms with Crippen molar-refractivity contribution in [1.82, 2.24) is 9.97 Å². The minimum absolute atomic E-state index is 0.224. The maximum Gasteiger partial charge on any atom is 0.166 e. The molecule has 0 N–H and O–H groups in total. The highest BCUT2D eigenvalue weighted by atomic mass is 19.1. The molecule has 5 heteroatoms. The Hall–Kier alpha value is -2.48. The molecule has 0 unspecified atom stereocenters. The number of unbranched alkanes of at least 4 members (excludes halogenated alkanes) is 1. The Morgan fingerprint density at radius 2 is 1.93 bits per heavy atom. The summed E-state index contributed by atoms with van der Waals surface area (Å²) < 4.78 is 19.5. The normalized spacial score (nSPS) is 19.4. The molecule has 1 aromatic heterocycles. The second kappa shape index (κ2) is 9.45. The van der Waals surface area contributed by atoms with E-state index in [9.17, 15) is 4.39 Å². The standard InChI is InChI=1S/C22H26FN3O/c1-2-3-4-18-13-25-22(26-14-18)19-8-5-16(6-9-19)15-27-21-10-7-17(12-24)11-20(21)23/h7,10-11,13-14,16,19H,2-6,8-9,15H2,1H3. The number of aromatic nitrogens is 2. The van der Waals surface area contributed by atoms with Crippen LogP contribution >= 0.6 is 0 Å². The number of hydrogen-bond acceptors (Lipinski definition) is 4. The van der Waals surface area contributed by atoms with Crippen LogP contribution in [-0.2, 0) is 6.42 Å². The number of hydrogen-bond donors (Lipinski definition) is 0. The van der Waals surface area contributed by atoms with Gasteiger partial charge in [-0.25, -0.2) is 14.4 Å². The van der Waals surface area contributed by atoms with Gasteiger partial charge in [0.15, 0.2) is 11.6 Å². The minimum Gasteiger partial charge on any atom is -0.490 e. The number of aryl methyl sites for hydroxylation is 1. The molecule has 0 spiro atoms. The Morgan fingerprint density at radius 1 is 1.19 bits per heavy atom. The van der Waals surface area contributed by atoms with E-state index in [0.29, 0.717) is 24.0 Å². The molecule has 27 heavy (non-hydrogen) atoms. The third kappa shape index (κ3) is 5.26. The molecule has 0 atom stereocenters. The maximum atomic E-state index is 13.9. The molecule has 0 radical (unpaired) electrons. The van der Waals surface area contributed by atoms with Gasteiger partial charge in [-0.15, -0.1) is 0 Å². The molecule has 1 fully saturated rings. The van der Waals surface area contributed by atoms with E-state index in [1.807, 2.05) is 18.5 Å². The summed E-state index contributed by atoms with van der Waals surface area (Å²) in [4.78, 5) is 9.17. The van der Waals surface area contributed by atoms with Gasteiger partial charge in [0.05, 0.1) is 18.2 Å². The van der Waals surface area contributed by atoms with Crippen molar-refractivity contribution in [1.29, 1.82) is 5.26 Å². The molecule has 0 amide bonds. The Kier molecular flexibility index (Phi) is 6.75. The molecule has 1 aliphatic rings. The van der Waals surface area contributed by atoms with Crippen LogP contribution in [0.5, 0.6) is 5.75 Å². The van der Waals surface area contributed by atoms with Gasteiger partial charge in [-0.1, -0.05) is 13.3 Å². The highest BCUT2D eigenvalue weighted by Crippen LogP contribution is 2.34. The highest BCUT2D eigenvalue weighted by Gasteiger charge is 2.24. The topological polar surface area (TPSA) is 58.8 Å². The van der Waals surface area contributed by atoms with Crippen LogP contribution in [0.2, 0.25) is 0 Å². The number of halogens is 1. The van der Waals surface area contributed by atoms with Crippen molar-refractivity contribution < 1.29 is 9.13 Å². The number of nitrogens with zero attached hydrogens (tertiary/aromatic N) is 3. The molecule has 1 saturated carbocycles. The van der Waals surface area contributed by atoms with Gasteiger partial charge < -0.3 is 4.74 Å². The fourth-order valence-corrected chi connectivity index (χ4v) is 3.57. The van der Waals surface area contributed by atoms with Crippen LogP contribution in [0.15, 0.2) is 30.6 Å². The average molecular weight is 367 g/mol. The molecular formula is C22H26FN3O. The first-order chi connectivity index (χ1) is 13.2. The summed E-state index contributed by atoms with van der Waals surface area (Å²) in [5.74, 6) is 1.53. The van der Waals surface area contributed by atoms with Gasteiger partial charge in [0.2, 0.25) is 0 Å². The third-order valence-corrected chi connectivity index (χ3v) is 5.29. The van der Waals surface area contributed by atoms with Crippen molar-refractivity contribution in [2.45, 2.75) is 57.8 Å². The van der Waals surface area contributed by atoms with Crippen LogP contribution in [0.1, 0.15) is 68.3 Å². The summed E-state index contributed by atoms with van der Waals surface area (Å²) in [5.41, 5.74) is 1.52. The molecule has 0 aliphatic heterocycles. The van der Waals surface area contributed by atoms with E-state index in [4.69, 9.17) is 10.00 Å². The van der Waals surface area contributed by atoms with Crippen LogP contribution < -0.4 is 4.74 Å². The molecule has 4 nitrogen and oxygen atoms in total. The third-order valence-electron chi connectivity index (χ3n) is 5.29. The molecule has 1 aromatic carbocycles. The lowest BCUT2D eigenvalue weighted by molar-refractivity contribution is 0.192. The van der Waals surface area contributed by atoms with Crippen molar-refractivity contribution in [2.75, 3.05) is 6.61 Å². The van der Waals surface area contributed by atoms with E-state index in [-0.39, 0.29) is 5.75 Å². The van der Waals surface area contributed by atoms with Gasteiger partial charge in [0.1, 0.15) is 5.82 Å². The molecule has 1 heterocycles. The Labute approximate surface area is 160 Å². The minimum atomic E-state index is -0.473. The van der Waals surface area contributed by atoms with E-state index >= 15 is 0 Å². The molecule has 142 valence electrons. The number of nitriles is 1. The average Bonchev–Trinajstić information content (AvgIpc) is 2.72. The van der Waals surface area contributed by atoms with Crippen molar-refractivity contribution in [3.05, 3.63) is 53.4 Å². The first kappa shape index (κ1) is 19.3. The van der Waals surface area contributed by atoms with E-state index in [1.54, 1.807) is 6.07 Å². The molecule has 1 aliphatic carbocycles. The van der Waals surface area contributed by atoms with Crippen molar-refractivity contribution in [3.63, 3.8) is 0 Å².